The van der Waals surface area contributed by atoms with Crippen LogP contribution >= 0.6 is 11.6 Å². The zero-order valence-electron chi connectivity index (χ0n) is 9.55. The van der Waals surface area contributed by atoms with Gasteiger partial charge in [-0.15, -0.1) is 10.2 Å². The summed E-state index contributed by atoms with van der Waals surface area (Å²) in [5.74, 6) is 1.19. The van der Waals surface area contributed by atoms with Gasteiger partial charge in [0.15, 0.2) is 10.8 Å². The third kappa shape index (κ3) is 1.48. The molecule has 5 heteroatoms. The van der Waals surface area contributed by atoms with E-state index in [1.165, 1.54) is 0 Å². The Hall–Kier alpha value is -1.68. The molecule has 0 saturated heterocycles. The van der Waals surface area contributed by atoms with E-state index in [4.69, 9.17) is 11.6 Å². The van der Waals surface area contributed by atoms with Crippen molar-refractivity contribution in [2.75, 3.05) is 0 Å². The first-order chi connectivity index (χ1) is 8.18. The van der Waals surface area contributed by atoms with Crippen molar-refractivity contribution in [1.82, 2.24) is 19.6 Å². The van der Waals surface area contributed by atoms with Gasteiger partial charge in [0.2, 0.25) is 0 Å². The Morgan fingerprint density at radius 3 is 2.71 bits per heavy atom. The second kappa shape index (κ2) is 3.67. The number of hydrogen-bond donors (Lipinski definition) is 0. The number of benzene rings is 1. The molecule has 0 saturated carbocycles. The van der Waals surface area contributed by atoms with Crippen LogP contribution in [-0.2, 0) is 0 Å². The van der Waals surface area contributed by atoms with Crippen LogP contribution in [0.25, 0.3) is 16.7 Å². The van der Waals surface area contributed by atoms with Crippen molar-refractivity contribution in [3.63, 3.8) is 0 Å². The summed E-state index contributed by atoms with van der Waals surface area (Å²) in [5.41, 5.74) is 2.46. The lowest BCUT2D eigenvalue weighted by Crippen LogP contribution is -1.99. The van der Waals surface area contributed by atoms with Crippen molar-refractivity contribution in [3.05, 3.63) is 35.2 Å². The van der Waals surface area contributed by atoms with E-state index in [2.05, 4.69) is 29.0 Å². The molecule has 0 unspecified atom stereocenters. The van der Waals surface area contributed by atoms with Crippen LogP contribution < -0.4 is 0 Å². The normalized spacial score (nSPS) is 11.8. The van der Waals surface area contributed by atoms with Gasteiger partial charge in [0.25, 0.3) is 0 Å². The lowest BCUT2D eigenvalue weighted by molar-refractivity contribution is 0.765. The fraction of sp³-hybridized carbons (Fsp3) is 0.250. The lowest BCUT2D eigenvalue weighted by Gasteiger charge is -2.06. The monoisotopic (exact) mass is 246 g/mol. The Bertz CT molecular complexity index is 702. The Balaban J connectivity index is 2.56. The molecule has 0 radical (unpaired) electrons. The molecule has 0 atom stereocenters. The molecule has 2 aromatic heterocycles. The second-order valence-electron chi connectivity index (χ2n) is 4.26. The van der Waals surface area contributed by atoms with Gasteiger partial charge in [0.1, 0.15) is 5.82 Å². The van der Waals surface area contributed by atoms with Crippen LogP contribution in [0.1, 0.15) is 25.6 Å². The average molecular weight is 247 g/mol. The number of rotatable bonds is 1. The molecule has 17 heavy (non-hydrogen) atoms. The van der Waals surface area contributed by atoms with Crippen LogP contribution in [0.3, 0.4) is 0 Å². The van der Waals surface area contributed by atoms with Gasteiger partial charge >= 0.3 is 0 Å². The molecule has 2 heterocycles. The van der Waals surface area contributed by atoms with E-state index in [0.29, 0.717) is 10.8 Å². The minimum Gasteiger partial charge on any atom is -0.274 e. The fourth-order valence-electron chi connectivity index (χ4n) is 1.94. The van der Waals surface area contributed by atoms with Crippen molar-refractivity contribution in [1.29, 1.82) is 0 Å². The molecule has 0 spiro atoms. The zero-order valence-corrected chi connectivity index (χ0v) is 10.3. The van der Waals surface area contributed by atoms with E-state index in [1.54, 1.807) is 0 Å². The van der Waals surface area contributed by atoms with Crippen molar-refractivity contribution in [2.24, 2.45) is 0 Å². The lowest BCUT2D eigenvalue weighted by atomic mass is 10.2. The molecule has 4 nitrogen and oxygen atoms in total. The maximum absolute atomic E-state index is 6.12. The number of aromatic nitrogens is 4. The van der Waals surface area contributed by atoms with Crippen LogP contribution in [0.5, 0.6) is 0 Å². The predicted molar refractivity (Wildman–Crippen MR) is 67.4 cm³/mol. The Labute approximate surface area is 103 Å². The summed E-state index contributed by atoms with van der Waals surface area (Å²) in [7, 11) is 0. The molecular weight excluding hydrogens is 236 g/mol. The van der Waals surface area contributed by atoms with Gasteiger partial charge in [-0.05, 0) is 12.1 Å². The quantitative estimate of drug-likeness (QED) is 0.663. The smallest absolute Gasteiger partial charge is 0.199 e. The topological polar surface area (TPSA) is 43.1 Å². The van der Waals surface area contributed by atoms with Gasteiger partial charge in [0, 0.05) is 5.92 Å². The first kappa shape index (κ1) is 10.5. The Kier molecular flexibility index (Phi) is 2.26. The van der Waals surface area contributed by atoms with Crippen molar-refractivity contribution < 1.29 is 0 Å². The first-order valence-corrected chi connectivity index (χ1v) is 5.85. The SMILES string of the molecule is CC(C)c1nnc2c(Cl)nc3ccccc3n12. The van der Waals surface area contributed by atoms with Gasteiger partial charge in [-0.2, -0.15) is 0 Å². The zero-order chi connectivity index (χ0) is 12.0. The standard InChI is InChI=1S/C12H11ClN4/c1-7(2)11-15-16-12-10(13)14-8-5-3-4-6-9(8)17(11)12/h3-7H,1-2H3. The molecule has 0 amide bonds. The van der Waals surface area contributed by atoms with Crippen LogP contribution in [0.15, 0.2) is 24.3 Å². The molecule has 0 bridgehead atoms. The van der Waals surface area contributed by atoms with Crippen molar-refractivity contribution in [3.8, 4) is 0 Å². The number of para-hydroxylation sites is 2. The molecule has 1 aromatic carbocycles. The van der Waals surface area contributed by atoms with E-state index in [1.807, 2.05) is 28.7 Å². The largest absolute Gasteiger partial charge is 0.274 e. The maximum atomic E-state index is 6.12. The van der Waals surface area contributed by atoms with E-state index in [0.717, 1.165) is 16.9 Å². The van der Waals surface area contributed by atoms with E-state index < -0.39 is 0 Å². The average Bonchev–Trinajstić information content (AvgIpc) is 2.74. The van der Waals surface area contributed by atoms with Crippen LogP contribution in [0, 0.1) is 0 Å². The summed E-state index contributed by atoms with van der Waals surface area (Å²) in [6.07, 6.45) is 0. The van der Waals surface area contributed by atoms with Gasteiger partial charge in [-0.3, -0.25) is 4.40 Å². The molecular formula is C12H11ClN4. The van der Waals surface area contributed by atoms with Crippen LogP contribution in [0.2, 0.25) is 5.15 Å². The van der Waals surface area contributed by atoms with E-state index >= 15 is 0 Å². The first-order valence-electron chi connectivity index (χ1n) is 5.47. The van der Waals surface area contributed by atoms with Crippen molar-refractivity contribution >= 4 is 28.3 Å². The summed E-state index contributed by atoms with van der Waals surface area (Å²) in [6.45, 7) is 4.17. The third-order valence-electron chi connectivity index (χ3n) is 2.73. The highest BCUT2D eigenvalue weighted by atomic mass is 35.5. The summed E-state index contributed by atoms with van der Waals surface area (Å²) in [5, 5.41) is 8.69. The summed E-state index contributed by atoms with van der Waals surface area (Å²) in [6, 6.07) is 7.85. The van der Waals surface area contributed by atoms with Gasteiger partial charge in [-0.25, -0.2) is 4.98 Å². The minimum absolute atomic E-state index is 0.284. The number of fused-ring (bicyclic) bond motifs is 3. The molecule has 0 aliphatic heterocycles. The Morgan fingerprint density at radius 1 is 1.18 bits per heavy atom. The highest BCUT2D eigenvalue weighted by Gasteiger charge is 2.15. The molecule has 86 valence electrons. The highest BCUT2D eigenvalue weighted by Crippen LogP contribution is 2.24. The van der Waals surface area contributed by atoms with Gasteiger partial charge in [-0.1, -0.05) is 37.6 Å². The molecule has 0 aliphatic carbocycles. The summed E-state index contributed by atoms with van der Waals surface area (Å²) >= 11 is 6.12. The maximum Gasteiger partial charge on any atom is 0.199 e. The number of nitrogens with zero attached hydrogens (tertiary/aromatic N) is 4. The molecule has 0 aliphatic rings. The molecule has 0 fully saturated rings. The van der Waals surface area contributed by atoms with Crippen LogP contribution in [-0.4, -0.2) is 19.6 Å². The highest BCUT2D eigenvalue weighted by molar-refractivity contribution is 6.32. The second-order valence-corrected chi connectivity index (χ2v) is 4.62. The summed E-state index contributed by atoms with van der Waals surface area (Å²) in [4.78, 5) is 4.32. The van der Waals surface area contributed by atoms with E-state index in [-0.39, 0.29) is 5.92 Å². The predicted octanol–water partition coefficient (Wildman–Crippen LogP) is 3.05. The van der Waals surface area contributed by atoms with Gasteiger partial charge in [0.05, 0.1) is 11.0 Å². The van der Waals surface area contributed by atoms with Crippen molar-refractivity contribution in [2.45, 2.75) is 19.8 Å². The van der Waals surface area contributed by atoms with E-state index in [9.17, 15) is 0 Å². The number of hydrogen-bond acceptors (Lipinski definition) is 3. The third-order valence-corrected chi connectivity index (χ3v) is 2.98. The van der Waals surface area contributed by atoms with Crippen LogP contribution in [0.4, 0.5) is 0 Å². The minimum atomic E-state index is 0.284. The molecule has 3 rings (SSSR count). The number of halogens is 1. The fourth-order valence-corrected chi connectivity index (χ4v) is 2.16. The molecule has 0 N–H and O–H groups in total. The summed E-state index contributed by atoms with van der Waals surface area (Å²) < 4.78 is 1.98. The van der Waals surface area contributed by atoms with Gasteiger partial charge < -0.3 is 0 Å². The molecule has 3 aromatic rings. The Morgan fingerprint density at radius 2 is 1.94 bits per heavy atom.